The van der Waals surface area contributed by atoms with Gasteiger partial charge in [0, 0.05) is 0 Å². The summed E-state index contributed by atoms with van der Waals surface area (Å²) in [6, 6.07) is 6.24. The molecule has 0 heterocycles. The second-order valence-corrected chi connectivity index (χ2v) is 6.40. The number of sulfonamides is 1. The molecule has 0 radical (unpaired) electrons. The van der Waals surface area contributed by atoms with Gasteiger partial charge in [0.2, 0.25) is 10.0 Å². The molecule has 0 fully saturated rings. The minimum absolute atomic E-state index is 0.0720. The van der Waals surface area contributed by atoms with Crippen LogP contribution >= 0.6 is 0 Å². The van der Waals surface area contributed by atoms with E-state index in [1.165, 1.54) is 19.1 Å². The fourth-order valence-corrected chi connectivity index (χ4v) is 2.53. The number of ether oxygens (including phenoxy) is 1. The molecule has 112 valence electrons. The fraction of sp³-hybridized carbons (Fsp3) is 0.462. The van der Waals surface area contributed by atoms with Crippen LogP contribution in [0.15, 0.2) is 29.2 Å². The summed E-state index contributed by atoms with van der Waals surface area (Å²) in [5, 5.41) is 9.87. The van der Waals surface area contributed by atoms with Crippen LogP contribution in [0.3, 0.4) is 0 Å². The van der Waals surface area contributed by atoms with Crippen molar-refractivity contribution in [2.24, 2.45) is 0 Å². The number of carbonyl (C=O) groups is 1. The van der Waals surface area contributed by atoms with Gasteiger partial charge in [-0.3, -0.25) is 0 Å². The van der Waals surface area contributed by atoms with Gasteiger partial charge in [0.1, 0.15) is 0 Å². The maximum absolute atomic E-state index is 12.0. The maximum atomic E-state index is 12.0. The van der Waals surface area contributed by atoms with E-state index in [4.69, 9.17) is 0 Å². The van der Waals surface area contributed by atoms with Crippen molar-refractivity contribution in [3.63, 3.8) is 0 Å². The lowest BCUT2D eigenvalue weighted by Crippen LogP contribution is -2.47. The first-order valence-electron chi connectivity index (χ1n) is 6.15. The smallest absolute Gasteiger partial charge is 0.339 e. The van der Waals surface area contributed by atoms with Gasteiger partial charge in [-0.2, -0.15) is 0 Å². The zero-order valence-corrected chi connectivity index (χ0v) is 12.5. The molecule has 6 nitrogen and oxygen atoms in total. The molecule has 0 aliphatic heterocycles. The van der Waals surface area contributed by atoms with Gasteiger partial charge in [0.25, 0.3) is 0 Å². The summed E-state index contributed by atoms with van der Waals surface area (Å²) in [4.78, 5) is 11.5. The van der Waals surface area contributed by atoms with Crippen LogP contribution in [0, 0.1) is 6.92 Å². The summed E-state index contributed by atoms with van der Waals surface area (Å²) < 4.78 is 30.9. The van der Waals surface area contributed by atoms with Gasteiger partial charge in [0.05, 0.1) is 18.0 Å². The molecule has 1 unspecified atom stereocenters. The standard InChI is InChI=1S/C13H19NO5S/c1-4-19-12(15)13(3,16)9-14-20(17,18)11-7-5-10(2)6-8-11/h5-8,14,16H,4,9H2,1-3H3. The quantitative estimate of drug-likeness (QED) is 0.750. The molecule has 1 aromatic rings. The lowest BCUT2D eigenvalue weighted by Gasteiger charge is -2.21. The van der Waals surface area contributed by atoms with E-state index in [0.717, 1.165) is 5.56 Å². The summed E-state index contributed by atoms with van der Waals surface area (Å²) in [6.07, 6.45) is 0. The van der Waals surface area contributed by atoms with Crippen LogP contribution in [0.2, 0.25) is 0 Å². The molecule has 2 N–H and O–H groups in total. The molecule has 0 amide bonds. The first-order valence-corrected chi connectivity index (χ1v) is 7.63. The van der Waals surface area contributed by atoms with Gasteiger partial charge >= 0.3 is 5.97 Å². The van der Waals surface area contributed by atoms with E-state index in [-0.39, 0.29) is 11.5 Å². The normalized spacial score (nSPS) is 14.6. The van der Waals surface area contributed by atoms with E-state index >= 15 is 0 Å². The number of carbonyl (C=O) groups excluding carboxylic acids is 1. The Kier molecular flexibility index (Phi) is 5.27. The number of aryl methyl sites for hydroxylation is 1. The predicted molar refractivity (Wildman–Crippen MR) is 73.6 cm³/mol. The van der Waals surface area contributed by atoms with Crippen LogP contribution in [0.25, 0.3) is 0 Å². The fourth-order valence-electron chi connectivity index (χ4n) is 1.40. The molecular weight excluding hydrogens is 282 g/mol. The van der Waals surface area contributed by atoms with Crippen LogP contribution < -0.4 is 4.72 Å². The molecule has 1 atom stereocenters. The Hall–Kier alpha value is -1.44. The van der Waals surface area contributed by atoms with Crippen molar-refractivity contribution < 1.29 is 23.1 Å². The first-order chi connectivity index (χ1) is 9.19. The molecule has 1 rings (SSSR count). The van der Waals surface area contributed by atoms with Crippen molar-refractivity contribution in [1.82, 2.24) is 4.72 Å². The van der Waals surface area contributed by atoms with Gasteiger partial charge in [-0.05, 0) is 32.9 Å². The van der Waals surface area contributed by atoms with E-state index in [1.807, 2.05) is 6.92 Å². The third kappa shape index (κ3) is 4.29. The van der Waals surface area contributed by atoms with E-state index in [0.29, 0.717) is 0 Å². The Morgan fingerprint density at radius 3 is 2.40 bits per heavy atom. The maximum Gasteiger partial charge on any atom is 0.339 e. The molecular formula is C13H19NO5S. The highest BCUT2D eigenvalue weighted by Crippen LogP contribution is 2.12. The zero-order chi connectivity index (χ0) is 15.4. The second kappa shape index (κ2) is 6.34. The molecule has 0 aromatic heterocycles. The van der Waals surface area contributed by atoms with Crippen LogP contribution in [0.4, 0.5) is 0 Å². The van der Waals surface area contributed by atoms with Crippen LogP contribution in [-0.4, -0.2) is 38.2 Å². The Labute approximate surface area is 118 Å². The lowest BCUT2D eigenvalue weighted by atomic mass is 10.1. The van der Waals surface area contributed by atoms with Gasteiger partial charge in [0.15, 0.2) is 5.60 Å². The lowest BCUT2D eigenvalue weighted by molar-refractivity contribution is -0.162. The predicted octanol–water partition coefficient (Wildman–Crippen LogP) is 0.587. The molecule has 0 spiro atoms. The van der Waals surface area contributed by atoms with Crippen molar-refractivity contribution in [1.29, 1.82) is 0 Å². The number of aliphatic hydroxyl groups is 1. The van der Waals surface area contributed by atoms with Crippen LogP contribution in [-0.2, 0) is 19.6 Å². The highest BCUT2D eigenvalue weighted by molar-refractivity contribution is 7.89. The van der Waals surface area contributed by atoms with Crippen LogP contribution in [0.1, 0.15) is 19.4 Å². The summed E-state index contributed by atoms with van der Waals surface area (Å²) in [7, 11) is -3.78. The number of hydrogen-bond acceptors (Lipinski definition) is 5. The first kappa shape index (κ1) is 16.6. The number of nitrogens with one attached hydrogen (secondary N) is 1. The molecule has 0 saturated heterocycles. The summed E-state index contributed by atoms with van der Waals surface area (Å²) >= 11 is 0. The monoisotopic (exact) mass is 301 g/mol. The van der Waals surface area contributed by atoms with Gasteiger partial charge in [-0.1, -0.05) is 17.7 Å². The highest BCUT2D eigenvalue weighted by Gasteiger charge is 2.33. The zero-order valence-electron chi connectivity index (χ0n) is 11.7. The second-order valence-electron chi connectivity index (χ2n) is 4.63. The van der Waals surface area contributed by atoms with Crippen molar-refractivity contribution in [3.8, 4) is 0 Å². The van der Waals surface area contributed by atoms with Gasteiger partial charge < -0.3 is 9.84 Å². The average molecular weight is 301 g/mol. The summed E-state index contributed by atoms with van der Waals surface area (Å²) in [6.45, 7) is 4.30. The largest absolute Gasteiger partial charge is 0.464 e. The summed E-state index contributed by atoms with van der Waals surface area (Å²) in [5.74, 6) is -0.869. The van der Waals surface area contributed by atoms with Crippen molar-refractivity contribution >= 4 is 16.0 Å². The van der Waals surface area contributed by atoms with Crippen molar-refractivity contribution in [2.45, 2.75) is 31.3 Å². The third-order valence-electron chi connectivity index (χ3n) is 2.65. The Bertz CT molecular complexity index is 563. The topological polar surface area (TPSA) is 92.7 Å². The van der Waals surface area contributed by atoms with Gasteiger partial charge in [-0.25, -0.2) is 17.9 Å². The molecule has 1 aromatic carbocycles. The van der Waals surface area contributed by atoms with E-state index in [9.17, 15) is 18.3 Å². The van der Waals surface area contributed by atoms with E-state index in [2.05, 4.69) is 9.46 Å². The molecule has 0 aliphatic carbocycles. The number of rotatable bonds is 6. The van der Waals surface area contributed by atoms with E-state index < -0.39 is 28.1 Å². The Balaban J connectivity index is 2.77. The van der Waals surface area contributed by atoms with E-state index in [1.54, 1.807) is 19.1 Å². The van der Waals surface area contributed by atoms with Crippen molar-refractivity contribution in [3.05, 3.63) is 29.8 Å². The van der Waals surface area contributed by atoms with Crippen LogP contribution in [0.5, 0.6) is 0 Å². The number of esters is 1. The number of hydrogen-bond donors (Lipinski definition) is 2. The SMILES string of the molecule is CCOC(=O)C(C)(O)CNS(=O)(=O)c1ccc(C)cc1. The van der Waals surface area contributed by atoms with Gasteiger partial charge in [-0.15, -0.1) is 0 Å². The Morgan fingerprint density at radius 2 is 1.90 bits per heavy atom. The third-order valence-corrected chi connectivity index (χ3v) is 4.07. The molecule has 0 bridgehead atoms. The molecule has 20 heavy (non-hydrogen) atoms. The highest BCUT2D eigenvalue weighted by atomic mass is 32.2. The molecule has 0 saturated carbocycles. The summed E-state index contributed by atoms with van der Waals surface area (Å²) in [5.41, 5.74) is -0.976. The number of benzene rings is 1. The molecule has 7 heteroatoms. The van der Waals surface area contributed by atoms with Crippen molar-refractivity contribution in [2.75, 3.05) is 13.2 Å². The minimum atomic E-state index is -3.78. The minimum Gasteiger partial charge on any atom is -0.464 e. The molecule has 0 aliphatic rings. The Morgan fingerprint density at radius 1 is 1.35 bits per heavy atom. The average Bonchev–Trinajstić information content (AvgIpc) is 2.37.